The molecule has 0 amide bonds. The molecule has 4 heterocycles. The van der Waals surface area contributed by atoms with Crippen molar-refractivity contribution in [3.8, 4) is 5.75 Å². The maximum absolute atomic E-state index is 12.1. The molecule has 0 atom stereocenters. The Morgan fingerprint density at radius 2 is 1.61 bits per heavy atom. The molecule has 0 saturated heterocycles. The number of carbonyl (C=O) groups is 1. The van der Waals surface area contributed by atoms with Gasteiger partial charge in [-0.15, -0.1) is 0 Å². The van der Waals surface area contributed by atoms with Crippen LogP contribution in [0.5, 0.6) is 5.75 Å². The number of aliphatic carboxylic acids is 1. The minimum atomic E-state index is -4.64. The summed E-state index contributed by atoms with van der Waals surface area (Å²) < 4.78 is 67.3. The van der Waals surface area contributed by atoms with Crippen molar-refractivity contribution in [2.75, 3.05) is 77.4 Å². The number of carboxylic acid groups (broad SMARTS) is 1. The zero-order valence-corrected chi connectivity index (χ0v) is 34.2. The topological polar surface area (TPSA) is 147 Å². The number of benzene rings is 2. The first-order chi connectivity index (χ1) is 26.7. The van der Waals surface area contributed by atoms with Crippen LogP contribution in [0, 0.1) is 5.41 Å². The molecule has 0 aromatic heterocycles. The fourth-order valence-electron chi connectivity index (χ4n) is 7.90. The highest BCUT2D eigenvalue weighted by atomic mass is 32.2. The van der Waals surface area contributed by atoms with E-state index in [4.69, 9.17) is 28.8 Å². The Balaban J connectivity index is 1.18. The van der Waals surface area contributed by atoms with E-state index in [1.54, 1.807) is 6.07 Å². The minimum absolute atomic E-state index is 0.0326. The Morgan fingerprint density at radius 1 is 0.964 bits per heavy atom. The molecule has 0 saturated carbocycles. The molecule has 13 heteroatoms. The molecule has 4 aliphatic rings. The van der Waals surface area contributed by atoms with Crippen molar-refractivity contribution >= 4 is 38.7 Å². The van der Waals surface area contributed by atoms with E-state index in [9.17, 15) is 17.8 Å². The SMILES string of the molecule is CC(C)(C)C1=C/C(=C\C=C\C2=[N+](CCOCCOCCOCCOCCC(=O)O)c3ccc(S(=O)(=O)[O-])cc3C2(C)C)c2cc3c4c(c2O1)CCCN4CCC3. The summed E-state index contributed by atoms with van der Waals surface area (Å²) in [5, 5.41) is 8.64. The first kappa shape index (κ1) is 41.8. The van der Waals surface area contributed by atoms with Gasteiger partial charge in [-0.25, -0.2) is 8.42 Å². The van der Waals surface area contributed by atoms with Crippen molar-refractivity contribution < 1.29 is 51.1 Å². The normalized spacial score (nSPS) is 18.2. The maximum Gasteiger partial charge on any atom is 0.305 e. The molecule has 6 rings (SSSR count). The Bertz CT molecular complexity index is 2020. The van der Waals surface area contributed by atoms with Crippen LogP contribution in [-0.2, 0) is 52.1 Å². The molecule has 2 aromatic carbocycles. The van der Waals surface area contributed by atoms with Crippen molar-refractivity contribution in [3.05, 3.63) is 76.6 Å². The summed E-state index contributed by atoms with van der Waals surface area (Å²) in [4.78, 5) is 12.8. The minimum Gasteiger partial charge on any atom is -0.744 e. The smallest absolute Gasteiger partial charge is 0.305 e. The number of nitrogens with zero attached hydrogens (tertiary/aromatic N) is 2. The third-order valence-electron chi connectivity index (χ3n) is 10.7. The number of anilines is 1. The second-order valence-electron chi connectivity index (χ2n) is 16.2. The lowest BCUT2D eigenvalue weighted by atomic mass is 9.81. The highest BCUT2D eigenvalue weighted by molar-refractivity contribution is 7.85. The van der Waals surface area contributed by atoms with Gasteiger partial charge in [0.15, 0.2) is 12.3 Å². The molecule has 4 aliphatic heterocycles. The summed E-state index contributed by atoms with van der Waals surface area (Å²) in [7, 11) is -4.64. The van der Waals surface area contributed by atoms with Gasteiger partial charge in [0.2, 0.25) is 5.69 Å². The second kappa shape index (κ2) is 17.7. The molecular weight excluding hydrogens is 737 g/mol. The van der Waals surface area contributed by atoms with Gasteiger partial charge in [-0.3, -0.25) is 4.79 Å². The van der Waals surface area contributed by atoms with Crippen LogP contribution >= 0.6 is 0 Å². The van der Waals surface area contributed by atoms with Gasteiger partial charge in [0.1, 0.15) is 28.2 Å². The van der Waals surface area contributed by atoms with Gasteiger partial charge in [0.05, 0.1) is 63.0 Å². The highest BCUT2D eigenvalue weighted by Crippen LogP contribution is 2.49. The van der Waals surface area contributed by atoms with E-state index in [1.165, 1.54) is 28.9 Å². The molecule has 12 nitrogen and oxygen atoms in total. The van der Waals surface area contributed by atoms with Gasteiger partial charge in [-0.2, -0.15) is 4.58 Å². The summed E-state index contributed by atoms with van der Waals surface area (Å²) in [6, 6.07) is 6.93. The number of aryl methyl sites for hydroxylation is 1. The standard InChI is InChI=1S/C43H56N2O10S/c1-42(2,3)38-28-30(34-27-31-10-7-16-44-17-8-11-33(40(31)44)41(34)55-38)9-6-12-37-43(4,5)35-29-32(56(48,49)50)13-14-36(35)45(37)18-20-52-22-24-54-26-25-53-23-21-51-19-15-39(46)47/h6,9,12-14,27-29H,7-8,10-11,15-26H2,1-5H3,(H-,46,47,48,49,50). The Labute approximate surface area is 331 Å². The fourth-order valence-corrected chi connectivity index (χ4v) is 8.40. The van der Waals surface area contributed by atoms with Gasteiger partial charge in [0.25, 0.3) is 0 Å². The summed E-state index contributed by atoms with van der Waals surface area (Å²) in [6.07, 6.45) is 12.8. The number of hydrogen-bond donors (Lipinski definition) is 1. The Hall–Kier alpha value is -3.85. The van der Waals surface area contributed by atoms with E-state index in [0.29, 0.717) is 52.8 Å². The van der Waals surface area contributed by atoms with Crippen LogP contribution in [0.4, 0.5) is 11.4 Å². The van der Waals surface area contributed by atoms with E-state index in [1.807, 2.05) is 13.8 Å². The van der Waals surface area contributed by atoms with E-state index < -0.39 is 21.5 Å². The number of rotatable bonds is 18. The second-order valence-corrected chi connectivity index (χ2v) is 17.5. The van der Waals surface area contributed by atoms with Gasteiger partial charge < -0.3 is 38.2 Å². The number of fused-ring (bicyclic) bond motifs is 3. The zero-order valence-electron chi connectivity index (χ0n) is 33.4. The zero-order chi connectivity index (χ0) is 40.1. The lowest BCUT2D eigenvalue weighted by Gasteiger charge is -2.40. The molecule has 304 valence electrons. The van der Waals surface area contributed by atoms with Crippen LogP contribution in [0.2, 0.25) is 0 Å². The average Bonchev–Trinajstić information content (AvgIpc) is 3.35. The van der Waals surface area contributed by atoms with Gasteiger partial charge in [-0.1, -0.05) is 32.9 Å². The number of allylic oxidation sites excluding steroid dienone is 6. The average molecular weight is 793 g/mol. The largest absolute Gasteiger partial charge is 0.744 e. The quantitative estimate of drug-likeness (QED) is 0.105. The molecular formula is C43H56N2O10S. The molecule has 0 radical (unpaired) electrons. The third-order valence-corrected chi connectivity index (χ3v) is 11.6. The van der Waals surface area contributed by atoms with Crippen LogP contribution in [-0.4, -0.2) is 107 Å². The van der Waals surface area contributed by atoms with Crippen molar-refractivity contribution in [1.82, 2.24) is 0 Å². The molecule has 0 bridgehead atoms. The first-order valence-corrected chi connectivity index (χ1v) is 21.1. The van der Waals surface area contributed by atoms with E-state index >= 15 is 0 Å². The van der Waals surface area contributed by atoms with Gasteiger partial charge in [0, 0.05) is 53.0 Å². The summed E-state index contributed by atoms with van der Waals surface area (Å²) in [5.41, 5.74) is 8.04. The third kappa shape index (κ3) is 9.63. The van der Waals surface area contributed by atoms with Crippen LogP contribution in [0.25, 0.3) is 5.57 Å². The van der Waals surface area contributed by atoms with E-state index in [0.717, 1.165) is 78.4 Å². The van der Waals surface area contributed by atoms with E-state index in [2.05, 4.69) is 60.6 Å². The predicted octanol–water partition coefficient (Wildman–Crippen LogP) is 6.17. The Morgan fingerprint density at radius 3 is 2.25 bits per heavy atom. The molecule has 0 aliphatic carbocycles. The Kier molecular flexibility index (Phi) is 13.2. The molecule has 0 fully saturated rings. The maximum atomic E-state index is 12.1. The van der Waals surface area contributed by atoms with Crippen molar-refractivity contribution in [2.45, 2.75) is 77.0 Å². The van der Waals surface area contributed by atoms with Crippen LogP contribution < -0.4 is 9.64 Å². The molecule has 1 N–H and O–H groups in total. The molecule has 0 spiro atoms. The molecule has 2 aromatic rings. The number of ether oxygens (including phenoxy) is 5. The first-order valence-electron chi connectivity index (χ1n) is 19.7. The van der Waals surface area contributed by atoms with Crippen molar-refractivity contribution in [3.63, 3.8) is 0 Å². The van der Waals surface area contributed by atoms with Crippen LogP contribution in [0.15, 0.2) is 59.2 Å². The number of hydrogen-bond acceptors (Lipinski definition) is 10. The van der Waals surface area contributed by atoms with Crippen molar-refractivity contribution in [1.29, 1.82) is 0 Å². The van der Waals surface area contributed by atoms with Crippen LogP contribution in [0.1, 0.15) is 76.1 Å². The van der Waals surface area contributed by atoms with Crippen molar-refractivity contribution in [2.24, 2.45) is 5.41 Å². The number of carboxylic acids is 1. The molecule has 0 unspecified atom stereocenters. The molecule has 56 heavy (non-hydrogen) atoms. The highest BCUT2D eigenvalue weighted by Gasteiger charge is 2.44. The monoisotopic (exact) mass is 792 g/mol. The van der Waals surface area contributed by atoms with E-state index in [-0.39, 0.29) is 23.3 Å². The van der Waals surface area contributed by atoms with Gasteiger partial charge >= 0.3 is 5.97 Å². The van der Waals surface area contributed by atoms with Gasteiger partial charge in [-0.05, 0) is 74.9 Å². The lowest BCUT2D eigenvalue weighted by molar-refractivity contribution is -0.442. The van der Waals surface area contributed by atoms with Crippen LogP contribution in [0.3, 0.4) is 0 Å². The predicted molar refractivity (Wildman–Crippen MR) is 213 cm³/mol. The summed E-state index contributed by atoms with van der Waals surface area (Å²) in [6.45, 7) is 16.0. The lowest BCUT2D eigenvalue weighted by Crippen LogP contribution is -2.35. The summed E-state index contributed by atoms with van der Waals surface area (Å²) >= 11 is 0. The summed E-state index contributed by atoms with van der Waals surface area (Å²) in [5.74, 6) is 1.01. The fraction of sp³-hybridized carbons (Fsp3) is 0.535.